The van der Waals surface area contributed by atoms with Crippen molar-refractivity contribution in [2.24, 2.45) is 5.92 Å². The summed E-state index contributed by atoms with van der Waals surface area (Å²) in [7, 11) is 0. The van der Waals surface area contributed by atoms with Gasteiger partial charge in [0, 0.05) is 19.1 Å². The molecule has 0 saturated carbocycles. The fraction of sp³-hybridized carbons (Fsp3) is 0.529. The summed E-state index contributed by atoms with van der Waals surface area (Å²) in [5, 5.41) is 11.7. The van der Waals surface area contributed by atoms with Crippen LogP contribution in [0.5, 0.6) is 0 Å². The fourth-order valence-corrected chi connectivity index (χ4v) is 3.02. The van der Waals surface area contributed by atoms with Crippen LogP contribution in [0.1, 0.15) is 30.9 Å². The summed E-state index contributed by atoms with van der Waals surface area (Å²) in [6.45, 7) is 2.19. The van der Waals surface area contributed by atoms with Gasteiger partial charge in [-0.3, -0.25) is 4.79 Å². The molecule has 0 bridgehead atoms. The SMILES string of the molecule is CC(Cc1ccccc1C(F)(F)F)NC(=O)N1CCCC(C(=O)O)C1. The molecule has 2 atom stereocenters. The van der Waals surface area contributed by atoms with Crippen LogP contribution < -0.4 is 5.32 Å². The van der Waals surface area contributed by atoms with Gasteiger partial charge in [-0.2, -0.15) is 13.2 Å². The predicted molar refractivity (Wildman–Crippen MR) is 85.1 cm³/mol. The smallest absolute Gasteiger partial charge is 0.416 e. The maximum absolute atomic E-state index is 13.0. The lowest BCUT2D eigenvalue weighted by atomic mass is 9.98. The molecule has 1 aliphatic rings. The number of carbonyl (C=O) groups excluding carboxylic acids is 1. The molecule has 1 saturated heterocycles. The first-order valence-electron chi connectivity index (χ1n) is 8.12. The van der Waals surface area contributed by atoms with E-state index in [0.29, 0.717) is 19.4 Å². The number of rotatable bonds is 4. The number of hydrogen-bond donors (Lipinski definition) is 2. The largest absolute Gasteiger partial charge is 0.481 e. The van der Waals surface area contributed by atoms with Crippen molar-refractivity contribution in [1.29, 1.82) is 0 Å². The third kappa shape index (κ3) is 5.11. The minimum absolute atomic E-state index is 0.0393. The summed E-state index contributed by atoms with van der Waals surface area (Å²) in [4.78, 5) is 24.7. The molecule has 1 aromatic carbocycles. The van der Waals surface area contributed by atoms with E-state index in [1.165, 1.54) is 23.1 Å². The maximum atomic E-state index is 13.0. The lowest BCUT2D eigenvalue weighted by Crippen LogP contribution is -2.49. The van der Waals surface area contributed by atoms with E-state index in [9.17, 15) is 22.8 Å². The van der Waals surface area contributed by atoms with E-state index in [1.807, 2.05) is 0 Å². The number of carbonyl (C=O) groups is 2. The van der Waals surface area contributed by atoms with E-state index >= 15 is 0 Å². The van der Waals surface area contributed by atoms with E-state index in [-0.39, 0.29) is 18.5 Å². The summed E-state index contributed by atoms with van der Waals surface area (Å²) < 4.78 is 39.1. The van der Waals surface area contributed by atoms with Gasteiger partial charge in [0.25, 0.3) is 0 Å². The summed E-state index contributed by atoms with van der Waals surface area (Å²) in [5.74, 6) is -1.54. The molecular formula is C17H21F3N2O3. The molecule has 1 fully saturated rings. The van der Waals surface area contributed by atoms with Gasteiger partial charge in [0.1, 0.15) is 0 Å². The number of amides is 2. The van der Waals surface area contributed by atoms with Crippen LogP contribution in [0, 0.1) is 5.92 Å². The number of likely N-dealkylation sites (tertiary alicyclic amines) is 1. The molecule has 0 aromatic heterocycles. The average molecular weight is 358 g/mol. The van der Waals surface area contributed by atoms with Gasteiger partial charge in [-0.1, -0.05) is 18.2 Å². The predicted octanol–water partition coefficient (Wildman–Crippen LogP) is 3.14. The second-order valence-corrected chi connectivity index (χ2v) is 6.33. The highest BCUT2D eigenvalue weighted by Crippen LogP contribution is 2.32. The standard InChI is InChI=1S/C17H21F3N2O3/c1-11(9-12-5-2-3-7-14(12)17(18,19)20)21-16(25)22-8-4-6-13(10-22)15(23)24/h2-3,5,7,11,13H,4,6,8-10H2,1H3,(H,21,25)(H,23,24). The van der Waals surface area contributed by atoms with Crippen molar-refractivity contribution in [3.8, 4) is 0 Å². The second kappa shape index (κ2) is 7.76. The van der Waals surface area contributed by atoms with Gasteiger partial charge in [-0.25, -0.2) is 4.79 Å². The Bertz CT molecular complexity index is 634. The number of nitrogens with one attached hydrogen (secondary N) is 1. The van der Waals surface area contributed by atoms with Crippen LogP contribution in [0.4, 0.5) is 18.0 Å². The minimum atomic E-state index is -4.44. The van der Waals surface area contributed by atoms with Crippen molar-refractivity contribution in [2.45, 2.75) is 38.4 Å². The van der Waals surface area contributed by atoms with Crippen LogP contribution >= 0.6 is 0 Å². The van der Waals surface area contributed by atoms with Gasteiger partial charge in [0.15, 0.2) is 0 Å². The first-order valence-corrected chi connectivity index (χ1v) is 8.12. The van der Waals surface area contributed by atoms with Crippen molar-refractivity contribution >= 4 is 12.0 Å². The van der Waals surface area contributed by atoms with Gasteiger partial charge in [-0.15, -0.1) is 0 Å². The highest BCUT2D eigenvalue weighted by Gasteiger charge is 2.33. The highest BCUT2D eigenvalue weighted by atomic mass is 19.4. The molecule has 2 rings (SSSR count). The number of hydrogen-bond acceptors (Lipinski definition) is 2. The summed E-state index contributed by atoms with van der Waals surface area (Å²) in [5.41, 5.74) is -0.593. The van der Waals surface area contributed by atoms with Gasteiger partial charge in [0.05, 0.1) is 11.5 Å². The number of halogens is 3. The van der Waals surface area contributed by atoms with E-state index in [1.54, 1.807) is 6.92 Å². The third-order valence-corrected chi connectivity index (χ3v) is 4.28. The van der Waals surface area contributed by atoms with E-state index < -0.39 is 35.7 Å². The van der Waals surface area contributed by atoms with Crippen LogP contribution in [-0.2, 0) is 17.4 Å². The van der Waals surface area contributed by atoms with Gasteiger partial charge >= 0.3 is 18.2 Å². The van der Waals surface area contributed by atoms with Crippen molar-refractivity contribution in [3.05, 3.63) is 35.4 Å². The topological polar surface area (TPSA) is 69.6 Å². The minimum Gasteiger partial charge on any atom is -0.481 e. The molecule has 0 radical (unpaired) electrons. The monoisotopic (exact) mass is 358 g/mol. The zero-order valence-corrected chi connectivity index (χ0v) is 13.8. The molecule has 2 unspecified atom stereocenters. The second-order valence-electron chi connectivity index (χ2n) is 6.33. The number of aliphatic carboxylic acids is 1. The quantitative estimate of drug-likeness (QED) is 0.869. The summed E-state index contributed by atoms with van der Waals surface area (Å²) >= 11 is 0. The Kier molecular flexibility index (Phi) is 5.92. The van der Waals surface area contributed by atoms with Crippen LogP contribution in [0.25, 0.3) is 0 Å². The molecule has 8 heteroatoms. The van der Waals surface area contributed by atoms with E-state index in [2.05, 4.69) is 5.32 Å². The fourth-order valence-electron chi connectivity index (χ4n) is 3.02. The number of carboxylic acids is 1. The first-order chi connectivity index (χ1) is 11.7. The number of urea groups is 1. The normalized spacial score (nSPS) is 19.4. The van der Waals surface area contributed by atoms with Gasteiger partial charge < -0.3 is 15.3 Å². The number of alkyl halides is 3. The third-order valence-electron chi connectivity index (χ3n) is 4.28. The van der Waals surface area contributed by atoms with Crippen molar-refractivity contribution in [3.63, 3.8) is 0 Å². The molecule has 25 heavy (non-hydrogen) atoms. The van der Waals surface area contributed by atoms with Crippen LogP contribution in [0.2, 0.25) is 0 Å². The Labute approximate surface area is 143 Å². The molecule has 2 amide bonds. The average Bonchev–Trinajstić information content (AvgIpc) is 2.54. The van der Waals surface area contributed by atoms with Gasteiger partial charge in [0.2, 0.25) is 0 Å². The Morgan fingerprint density at radius 1 is 1.36 bits per heavy atom. The van der Waals surface area contributed by atoms with Gasteiger partial charge in [-0.05, 0) is 37.8 Å². The molecule has 1 aliphatic heterocycles. The van der Waals surface area contributed by atoms with Crippen LogP contribution in [0.15, 0.2) is 24.3 Å². The summed E-state index contributed by atoms with van der Waals surface area (Å²) in [6.07, 6.45) is -3.29. The molecule has 5 nitrogen and oxygen atoms in total. The number of nitrogens with zero attached hydrogens (tertiary/aromatic N) is 1. The highest BCUT2D eigenvalue weighted by molar-refractivity contribution is 5.76. The Hall–Kier alpha value is -2.25. The lowest BCUT2D eigenvalue weighted by molar-refractivity contribution is -0.143. The molecule has 0 aliphatic carbocycles. The van der Waals surface area contributed by atoms with E-state index in [4.69, 9.17) is 5.11 Å². The van der Waals surface area contributed by atoms with Crippen molar-refractivity contribution in [1.82, 2.24) is 10.2 Å². The number of piperidine rings is 1. The number of benzene rings is 1. The maximum Gasteiger partial charge on any atom is 0.416 e. The lowest BCUT2D eigenvalue weighted by Gasteiger charge is -2.31. The molecular weight excluding hydrogens is 337 g/mol. The molecule has 0 spiro atoms. The Morgan fingerprint density at radius 3 is 2.68 bits per heavy atom. The van der Waals surface area contributed by atoms with Crippen molar-refractivity contribution in [2.75, 3.05) is 13.1 Å². The van der Waals surface area contributed by atoms with E-state index in [0.717, 1.165) is 6.07 Å². The van der Waals surface area contributed by atoms with Crippen LogP contribution in [-0.4, -0.2) is 41.1 Å². The molecule has 1 aromatic rings. The van der Waals surface area contributed by atoms with Crippen molar-refractivity contribution < 1.29 is 27.9 Å². The zero-order valence-electron chi connectivity index (χ0n) is 13.8. The van der Waals surface area contributed by atoms with Crippen LogP contribution in [0.3, 0.4) is 0 Å². The molecule has 1 heterocycles. The molecule has 138 valence electrons. The zero-order chi connectivity index (χ0) is 18.6. The summed E-state index contributed by atoms with van der Waals surface area (Å²) in [6, 6.07) is 4.32. The number of carboxylic acid groups (broad SMARTS) is 1. The first kappa shape index (κ1) is 19.1. The Morgan fingerprint density at radius 2 is 2.04 bits per heavy atom. The Balaban J connectivity index is 1.97. The molecule has 2 N–H and O–H groups in total.